The van der Waals surface area contributed by atoms with E-state index in [4.69, 9.17) is 30.2 Å². The van der Waals surface area contributed by atoms with Gasteiger partial charge in [-0.05, 0) is 72.9 Å². The number of rotatable bonds is 6. The van der Waals surface area contributed by atoms with Crippen LogP contribution >= 0.6 is 0 Å². The Hall–Kier alpha value is -5.38. The molecule has 0 aliphatic rings. The van der Waals surface area contributed by atoms with Crippen molar-refractivity contribution in [3.63, 3.8) is 0 Å². The monoisotopic (exact) mass is 710 g/mol. The molecule has 0 saturated heterocycles. The molecule has 0 atom stereocenters. The van der Waals surface area contributed by atoms with Crippen LogP contribution in [-0.4, -0.2) is 17.2 Å². The summed E-state index contributed by atoms with van der Waals surface area (Å²) < 4.78 is 282. The van der Waals surface area contributed by atoms with Gasteiger partial charge in [-0.25, -0.2) is 0 Å². The molecule has 252 valence electrons. The van der Waals surface area contributed by atoms with Crippen molar-refractivity contribution in [2.24, 2.45) is 0 Å². The second-order valence-electron chi connectivity index (χ2n) is 11.9. The zero-order valence-electron chi connectivity index (χ0n) is 57.6. The van der Waals surface area contributed by atoms with E-state index < -0.39 is 188 Å². The van der Waals surface area contributed by atoms with E-state index in [2.05, 4.69) is 0 Å². The molecule has 8 aromatic rings. The van der Waals surface area contributed by atoms with E-state index >= 15 is 0 Å². The predicted octanol–water partition coefficient (Wildman–Crippen LogP) is 9.55. The molecule has 0 fully saturated rings. The normalized spacial score (nSPS) is 22.8. The summed E-state index contributed by atoms with van der Waals surface area (Å²) in [6.07, 6.45) is -3.16. The average Bonchev–Trinajstić information content (AvgIpc) is 1.60. The van der Waals surface area contributed by atoms with Gasteiger partial charge in [0.15, 0.2) is 8.07 Å². The molecule has 0 unspecified atom stereocenters. The predicted molar refractivity (Wildman–Crippen MR) is 221 cm³/mol. The lowest BCUT2D eigenvalue weighted by Crippen LogP contribution is -2.74. The summed E-state index contributed by atoms with van der Waals surface area (Å²) in [5.41, 5.74) is -16.2. The largest absolute Gasteiger partial charge is 0.316 e. The van der Waals surface area contributed by atoms with Gasteiger partial charge in [0, 0.05) is 59.2 Å². The maximum atomic E-state index is 10.6. The fourth-order valence-electron chi connectivity index (χ4n) is 6.49. The van der Waals surface area contributed by atoms with Crippen LogP contribution in [0.2, 0.25) is 0 Å². The second kappa shape index (κ2) is 12.4. The fraction of sp³-hybridized carbons (Fsp3) is 0.167. The first kappa shape index (κ1) is 13.0. The Labute approximate surface area is 347 Å². The van der Waals surface area contributed by atoms with Crippen molar-refractivity contribution in [3.05, 3.63) is 181 Å². The van der Waals surface area contributed by atoms with Crippen molar-refractivity contribution in [2.45, 2.75) is 51.9 Å². The van der Waals surface area contributed by atoms with E-state index in [-0.39, 0.29) is 0 Å². The standard InChI is InChI=1S/C48H46N2Si/c1-47(2,3)43-33-49(45-28-18-16-26-41(43)45)35-30-36(50-34-44(48(4,5)6)42-27-17-19-29-46(42)50)32-40(31-35)51(37-20-10-7-11-21-37,38-22-12-8-13-23-38)39-24-14-9-15-25-39/h7-34H,1-6H3/i1D3,2D3,3D3,4D3,5D3,6D3,16D,17D,18D,19D,26D,27D,28D,29D,30D,31D,32D,33D,34D. The molecular weight excluding hydrogens is 633 g/mol. The van der Waals surface area contributed by atoms with Gasteiger partial charge in [0.05, 0.1) is 28.9 Å². The molecule has 0 aliphatic heterocycles. The van der Waals surface area contributed by atoms with Gasteiger partial charge in [-0.15, -0.1) is 0 Å². The van der Waals surface area contributed by atoms with E-state index in [1.807, 2.05) is 0 Å². The van der Waals surface area contributed by atoms with Crippen LogP contribution in [0.1, 0.15) is 94.7 Å². The van der Waals surface area contributed by atoms with Crippen LogP contribution in [0.5, 0.6) is 0 Å². The molecular formula is C48H46N2Si. The van der Waals surface area contributed by atoms with Crippen LogP contribution in [0.4, 0.5) is 0 Å². The van der Waals surface area contributed by atoms with Gasteiger partial charge in [0.1, 0.15) is 0 Å². The Morgan fingerprint density at radius 2 is 0.843 bits per heavy atom. The lowest BCUT2D eigenvalue weighted by Gasteiger charge is -2.35. The molecule has 0 aliphatic carbocycles. The van der Waals surface area contributed by atoms with E-state index in [9.17, 15) is 12.3 Å². The third kappa shape index (κ3) is 5.57. The minimum Gasteiger partial charge on any atom is -0.316 e. The highest BCUT2D eigenvalue weighted by molar-refractivity contribution is 7.20. The Balaban J connectivity index is 1.85. The summed E-state index contributed by atoms with van der Waals surface area (Å²) in [5.74, 6) is 0. The van der Waals surface area contributed by atoms with Gasteiger partial charge in [0.25, 0.3) is 0 Å². The molecule has 0 amide bonds. The first-order valence-electron chi connectivity index (χ1n) is 31.1. The zero-order chi connectivity index (χ0) is 61.7. The molecule has 0 spiro atoms. The molecule has 6 aromatic carbocycles. The smallest absolute Gasteiger partial charge is 0.179 e. The van der Waals surface area contributed by atoms with E-state index in [1.165, 1.54) is 0 Å². The van der Waals surface area contributed by atoms with Crippen LogP contribution in [0.15, 0.2) is 170 Å². The van der Waals surface area contributed by atoms with Crippen LogP contribution in [0.3, 0.4) is 0 Å². The Bertz CT molecular complexity index is 3510. The molecule has 51 heavy (non-hydrogen) atoms. The summed E-state index contributed by atoms with van der Waals surface area (Å²) in [5, 5.41) is -2.02. The van der Waals surface area contributed by atoms with Crippen LogP contribution in [-0.2, 0) is 10.8 Å². The minimum absolute atomic E-state index is 0.304. The third-order valence-corrected chi connectivity index (χ3v) is 13.2. The summed E-state index contributed by atoms with van der Waals surface area (Å²) in [7, 11) is -4.69. The molecule has 2 heterocycles. The molecule has 0 radical (unpaired) electrons. The van der Waals surface area contributed by atoms with Crippen molar-refractivity contribution < 1.29 is 42.5 Å². The molecule has 8 rings (SSSR count). The molecule has 0 saturated carbocycles. The quantitative estimate of drug-likeness (QED) is 0.120. The number of hydrogen-bond acceptors (Lipinski definition) is 0. The lowest BCUT2D eigenvalue weighted by molar-refractivity contribution is 0.594. The van der Waals surface area contributed by atoms with E-state index in [1.54, 1.807) is 91.0 Å². The van der Waals surface area contributed by atoms with Gasteiger partial charge < -0.3 is 9.13 Å². The number of hydrogen-bond donors (Lipinski definition) is 0. The number of para-hydroxylation sites is 2. The first-order chi connectivity index (χ1) is 37.5. The van der Waals surface area contributed by atoms with Crippen molar-refractivity contribution in [2.75, 3.05) is 0 Å². The Morgan fingerprint density at radius 3 is 1.22 bits per heavy atom. The van der Waals surface area contributed by atoms with Crippen molar-refractivity contribution in [1.82, 2.24) is 9.13 Å². The van der Waals surface area contributed by atoms with Gasteiger partial charge in [-0.3, -0.25) is 0 Å². The van der Waals surface area contributed by atoms with Gasteiger partial charge in [-0.1, -0.05) is 168 Å². The summed E-state index contributed by atoms with van der Waals surface area (Å²) >= 11 is 0. The number of fused-ring (bicyclic) bond motifs is 2. The SMILES string of the molecule is [2H]c1c(-n2c([2H])c(C(C([2H])([2H])[2H])(C([2H])([2H])[2H])C([2H])([2H])[2H])c3c([2H])c([2H])c([2H])c([2H])c32)c([2H])c([Si](c2ccccc2)(c2ccccc2)c2ccccc2)c([2H])c1-n1c([2H])c(C(C([2H])([2H])[2H])(C([2H])([2H])[2H])C([2H])([2H])[2H])c2c([2H])c([2H])c([2H])c([2H])c21. The van der Waals surface area contributed by atoms with E-state index in [0.29, 0.717) is 24.7 Å². The number of aromatic nitrogens is 2. The highest BCUT2D eigenvalue weighted by Gasteiger charge is 2.42. The van der Waals surface area contributed by atoms with Gasteiger partial charge >= 0.3 is 0 Å². The maximum absolute atomic E-state index is 10.6. The zero-order valence-corrected chi connectivity index (χ0v) is 27.6. The van der Waals surface area contributed by atoms with Crippen LogP contribution in [0, 0.1) is 0 Å². The molecule has 0 N–H and O–H groups in total. The van der Waals surface area contributed by atoms with Crippen LogP contribution in [0.25, 0.3) is 33.2 Å². The van der Waals surface area contributed by atoms with Crippen molar-refractivity contribution >= 4 is 50.6 Å². The van der Waals surface area contributed by atoms with Crippen LogP contribution < -0.4 is 20.7 Å². The highest BCUT2D eigenvalue weighted by Crippen LogP contribution is 2.36. The second-order valence-corrected chi connectivity index (χ2v) is 15.6. The molecule has 2 aromatic heterocycles. The van der Waals surface area contributed by atoms with Gasteiger partial charge in [-0.2, -0.15) is 0 Å². The fourth-order valence-corrected chi connectivity index (χ4v) is 11.0. The van der Waals surface area contributed by atoms with Crippen molar-refractivity contribution in [1.29, 1.82) is 0 Å². The summed E-state index contributed by atoms with van der Waals surface area (Å²) in [6.45, 7) is -25.5. The first-order valence-corrected chi connectivity index (χ1v) is 17.6. The molecule has 3 heteroatoms. The topological polar surface area (TPSA) is 9.86 Å². The van der Waals surface area contributed by atoms with Gasteiger partial charge in [0.2, 0.25) is 0 Å². The minimum atomic E-state index is -4.69. The Kier molecular flexibility index (Phi) is 3.17. The number of nitrogens with zero attached hydrogens (tertiary/aromatic N) is 2. The molecule has 0 bridgehead atoms. The Morgan fingerprint density at radius 1 is 0.471 bits per heavy atom. The molecule has 2 nitrogen and oxygen atoms in total. The number of benzene rings is 6. The summed E-state index contributed by atoms with van der Waals surface area (Å²) in [4.78, 5) is 0. The average molecular weight is 710 g/mol. The van der Waals surface area contributed by atoms with E-state index in [0.717, 1.165) is 0 Å². The maximum Gasteiger partial charge on any atom is 0.179 e. The van der Waals surface area contributed by atoms with Crippen molar-refractivity contribution in [3.8, 4) is 11.4 Å². The highest BCUT2D eigenvalue weighted by atomic mass is 28.3. The third-order valence-electron chi connectivity index (χ3n) is 8.65. The lowest BCUT2D eigenvalue weighted by atomic mass is 9.87. The summed E-state index contributed by atoms with van der Waals surface area (Å²) in [6, 6.07) is 10.7.